The number of aliphatic hydroxyl groups is 1. The fraction of sp³-hybridized carbons (Fsp3) is 0.294. The number of aromatic nitrogens is 2. The molecule has 4 nitrogen and oxygen atoms in total. The van der Waals surface area contributed by atoms with Gasteiger partial charge in [-0.2, -0.15) is 5.26 Å². The van der Waals surface area contributed by atoms with E-state index in [9.17, 15) is 10.4 Å². The normalized spacial score (nSPS) is 12.6. The monoisotopic (exact) mass is 311 g/mol. The highest BCUT2D eigenvalue weighted by Gasteiger charge is 2.15. The molecule has 2 heterocycles. The Morgan fingerprint density at radius 1 is 1.41 bits per heavy atom. The van der Waals surface area contributed by atoms with Crippen LogP contribution < -0.4 is 0 Å². The molecule has 3 aromatic rings. The zero-order valence-corrected chi connectivity index (χ0v) is 13.4. The summed E-state index contributed by atoms with van der Waals surface area (Å²) in [6.07, 6.45) is 0. The molecule has 5 heteroatoms. The van der Waals surface area contributed by atoms with Crippen molar-refractivity contribution in [2.24, 2.45) is 5.92 Å². The van der Waals surface area contributed by atoms with E-state index >= 15 is 0 Å². The molecule has 0 amide bonds. The van der Waals surface area contributed by atoms with Crippen LogP contribution in [0.3, 0.4) is 0 Å². The summed E-state index contributed by atoms with van der Waals surface area (Å²) in [5.74, 6) is 1.05. The summed E-state index contributed by atoms with van der Waals surface area (Å²) in [4.78, 5) is 4.63. The van der Waals surface area contributed by atoms with Gasteiger partial charge in [-0.15, -0.1) is 11.8 Å². The average Bonchev–Trinajstić information content (AvgIpc) is 2.91. The van der Waals surface area contributed by atoms with Crippen molar-refractivity contribution in [3.05, 3.63) is 41.5 Å². The number of aryl methyl sites for hydroxylation is 1. The van der Waals surface area contributed by atoms with E-state index in [0.29, 0.717) is 11.2 Å². The molecule has 3 rings (SSSR count). The predicted molar refractivity (Wildman–Crippen MR) is 89.1 cm³/mol. The molecule has 22 heavy (non-hydrogen) atoms. The Hall–Kier alpha value is -2.03. The number of thioether (sulfide) groups is 1. The first-order valence-corrected chi connectivity index (χ1v) is 8.18. The van der Waals surface area contributed by atoms with Gasteiger partial charge in [-0.1, -0.05) is 19.1 Å². The number of benzene rings is 1. The average molecular weight is 311 g/mol. The number of fused-ring (bicyclic) bond motifs is 3. The second kappa shape index (κ2) is 5.99. The van der Waals surface area contributed by atoms with Crippen LogP contribution in [0, 0.1) is 24.2 Å². The second-order valence-corrected chi connectivity index (χ2v) is 6.55. The number of hydrogen-bond donors (Lipinski definition) is 1. The van der Waals surface area contributed by atoms with Crippen molar-refractivity contribution in [1.29, 1.82) is 5.26 Å². The first-order valence-electron chi connectivity index (χ1n) is 7.20. The summed E-state index contributed by atoms with van der Waals surface area (Å²) in [6, 6.07) is 12.2. The third kappa shape index (κ3) is 2.45. The van der Waals surface area contributed by atoms with Crippen molar-refractivity contribution < 1.29 is 5.11 Å². The lowest BCUT2D eigenvalue weighted by atomic mass is 10.2. The Morgan fingerprint density at radius 3 is 2.91 bits per heavy atom. The Labute approximate surface area is 133 Å². The van der Waals surface area contributed by atoms with Crippen LogP contribution in [0.5, 0.6) is 0 Å². The minimum atomic E-state index is 0.177. The maximum Gasteiger partial charge on any atom is 0.157 e. The SMILES string of the molecule is Cc1cc(SC[C@H](C)CO)n2c(nc3ccccc32)c1C#N. The van der Waals surface area contributed by atoms with Gasteiger partial charge >= 0.3 is 0 Å². The highest BCUT2D eigenvalue weighted by atomic mass is 32.2. The molecule has 1 aromatic carbocycles. The lowest BCUT2D eigenvalue weighted by Crippen LogP contribution is -2.05. The molecule has 0 spiro atoms. The fourth-order valence-electron chi connectivity index (χ4n) is 2.44. The molecule has 0 aliphatic rings. The number of imidazole rings is 1. The van der Waals surface area contributed by atoms with Crippen LogP contribution in [0.2, 0.25) is 0 Å². The van der Waals surface area contributed by atoms with Gasteiger partial charge in [0, 0.05) is 12.4 Å². The van der Waals surface area contributed by atoms with Gasteiger partial charge in [0.2, 0.25) is 0 Å². The van der Waals surface area contributed by atoms with Crippen LogP contribution in [0.25, 0.3) is 16.7 Å². The Kier molecular flexibility index (Phi) is 4.06. The van der Waals surface area contributed by atoms with Crippen LogP contribution >= 0.6 is 11.8 Å². The Bertz CT molecular complexity index is 879. The first kappa shape index (κ1) is 14.9. The van der Waals surface area contributed by atoms with Crippen molar-refractivity contribution >= 4 is 28.4 Å². The highest BCUT2D eigenvalue weighted by Crippen LogP contribution is 2.30. The topological polar surface area (TPSA) is 61.3 Å². The van der Waals surface area contributed by atoms with Crippen LogP contribution in [0.15, 0.2) is 35.4 Å². The van der Waals surface area contributed by atoms with Crippen molar-refractivity contribution in [1.82, 2.24) is 9.38 Å². The summed E-state index contributed by atoms with van der Waals surface area (Å²) < 4.78 is 2.05. The van der Waals surface area contributed by atoms with Crippen molar-refractivity contribution in [2.45, 2.75) is 18.9 Å². The number of pyridine rings is 1. The molecule has 112 valence electrons. The number of aliphatic hydroxyl groups excluding tert-OH is 1. The zero-order valence-electron chi connectivity index (χ0n) is 12.6. The molecule has 0 saturated carbocycles. The number of rotatable bonds is 4. The molecule has 0 saturated heterocycles. The van der Waals surface area contributed by atoms with Gasteiger partial charge < -0.3 is 5.11 Å². The summed E-state index contributed by atoms with van der Waals surface area (Å²) >= 11 is 1.69. The van der Waals surface area contributed by atoms with Gasteiger partial charge in [-0.05, 0) is 36.6 Å². The number of para-hydroxylation sites is 2. The Morgan fingerprint density at radius 2 is 2.18 bits per heavy atom. The minimum Gasteiger partial charge on any atom is -0.396 e. The molecule has 0 fully saturated rings. The largest absolute Gasteiger partial charge is 0.396 e. The van der Waals surface area contributed by atoms with Gasteiger partial charge in [0.05, 0.1) is 21.6 Å². The molecule has 1 N–H and O–H groups in total. The molecular weight excluding hydrogens is 294 g/mol. The van der Waals surface area contributed by atoms with Gasteiger partial charge in [-0.25, -0.2) is 4.98 Å². The molecular formula is C17H17N3OS. The Balaban J connectivity index is 2.25. The number of nitriles is 1. The molecule has 0 aliphatic carbocycles. The smallest absolute Gasteiger partial charge is 0.157 e. The van der Waals surface area contributed by atoms with Gasteiger partial charge in [-0.3, -0.25) is 4.40 Å². The second-order valence-electron chi connectivity index (χ2n) is 5.51. The highest BCUT2D eigenvalue weighted by molar-refractivity contribution is 7.99. The number of hydrogen-bond acceptors (Lipinski definition) is 4. The summed E-state index contributed by atoms with van der Waals surface area (Å²) in [5.41, 5.74) is 4.16. The standard InChI is InChI=1S/C17H17N3OS/c1-11(9-21)10-22-16-7-12(2)13(8-18)17-19-14-5-3-4-6-15(14)20(16)17/h3-7,11,21H,9-10H2,1-2H3/t11-/m1/s1. The van der Waals surface area contributed by atoms with Gasteiger partial charge in [0.1, 0.15) is 6.07 Å². The van der Waals surface area contributed by atoms with E-state index in [1.54, 1.807) is 11.8 Å². The number of nitrogens with zero attached hydrogens (tertiary/aromatic N) is 3. The van der Waals surface area contributed by atoms with E-state index in [0.717, 1.165) is 27.4 Å². The molecule has 2 aromatic heterocycles. The first-order chi connectivity index (χ1) is 10.7. The van der Waals surface area contributed by atoms with E-state index in [2.05, 4.69) is 15.5 Å². The van der Waals surface area contributed by atoms with Crippen molar-refractivity contribution in [3.8, 4) is 6.07 Å². The summed E-state index contributed by atoms with van der Waals surface area (Å²) in [7, 11) is 0. The fourth-order valence-corrected chi connectivity index (χ4v) is 3.57. The third-order valence-electron chi connectivity index (χ3n) is 3.68. The van der Waals surface area contributed by atoms with Crippen LogP contribution in [-0.2, 0) is 0 Å². The van der Waals surface area contributed by atoms with Crippen LogP contribution in [0.4, 0.5) is 0 Å². The van der Waals surface area contributed by atoms with Crippen molar-refractivity contribution in [3.63, 3.8) is 0 Å². The zero-order chi connectivity index (χ0) is 15.7. The molecule has 0 bridgehead atoms. The van der Waals surface area contributed by atoms with Gasteiger partial charge in [0.15, 0.2) is 5.65 Å². The van der Waals surface area contributed by atoms with E-state index in [1.165, 1.54) is 0 Å². The van der Waals surface area contributed by atoms with Crippen molar-refractivity contribution in [2.75, 3.05) is 12.4 Å². The van der Waals surface area contributed by atoms with Crippen LogP contribution in [-0.4, -0.2) is 26.9 Å². The molecule has 0 radical (unpaired) electrons. The maximum atomic E-state index is 9.45. The van der Waals surface area contributed by atoms with Gasteiger partial charge in [0.25, 0.3) is 0 Å². The molecule has 1 atom stereocenters. The lowest BCUT2D eigenvalue weighted by molar-refractivity contribution is 0.250. The van der Waals surface area contributed by atoms with E-state index in [-0.39, 0.29) is 12.5 Å². The quantitative estimate of drug-likeness (QED) is 0.750. The van der Waals surface area contributed by atoms with E-state index < -0.39 is 0 Å². The summed E-state index contributed by atoms with van der Waals surface area (Å²) in [6.45, 7) is 4.14. The third-order valence-corrected chi connectivity index (χ3v) is 5.01. The molecule has 0 unspecified atom stereocenters. The maximum absolute atomic E-state index is 9.45. The van der Waals surface area contributed by atoms with E-state index in [1.807, 2.05) is 44.2 Å². The predicted octanol–water partition coefficient (Wildman–Crippen LogP) is 3.39. The molecule has 0 aliphatic heterocycles. The van der Waals surface area contributed by atoms with E-state index in [4.69, 9.17) is 0 Å². The van der Waals surface area contributed by atoms with Crippen LogP contribution in [0.1, 0.15) is 18.1 Å². The minimum absolute atomic E-state index is 0.177. The lowest BCUT2D eigenvalue weighted by Gasteiger charge is -2.12. The summed E-state index contributed by atoms with van der Waals surface area (Å²) in [5, 5.41) is 19.7.